The molecule has 152 valence electrons. The number of aromatic amines is 4. The van der Waals surface area contributed by atoms with E-state index >= 15 is 0 Å². The van der Waals surface area contributed by atoms with Gasteiger partial charge in [-0.3, -0.25) is 0 Å². The Balaban J connectivity index is 1.63. The highest BCUT2D eigenvalue weighted by atomic mass is 14.8. The average molecular weight is 397 g/mol. The number of aromatic nitrogens is 4. The van der Waals surface area contributed by atoms with Crippen LogP contribution in [0.3, 0.4) is 0 Å². The summed E-state index contributed by atoms with van der Waals surface area (Å²) >= 11 is 0. The fourth-order valence-electron chi connectivity index (χ4n) is 4.14. The highest BCUT2D eigenvalue weighted by molar-refractivity contribution is 5.68. The molecule has 5 rings (SSSR count). The van der Waals surface area contributed by atoms with E-state index in [1.807, 2.05) is 0 Å². The van der Waals surface area contributed by atoms with Crippen LogP contribution in [-0.4, -0.2) is 19.9 Å². The van der Waals surface area contributed by atoms with Crippen LogP contribution in [0.5, 0.6) is 0 Å². The summed E-state index contributed by atoms with van der Waals surface area (Å²) in [4.78, 5) is 14.3. The van der Waals surface area contributed by atoms with Crippen molar-refractivity contribution in [3.05, 3.63) is 94.1 Å². The Bertz CT molecular complexity index is 1060. The SMILES string of the molecule is CC1(C)c2ccc([nH]2)/C=C/c2ccc([nH]2)C(C)(C)c2ccc([nH]2)/C=C/c2ccc1[nH]2. The predicted molar refractivity (Wildman–Crippen MR) is 125 cm³/mol. The first kappa shape index (κ1) is 18.6. The third-order valence-corrected chi connectivity index (χ3v) is 6.41. The van der Waals surface area contributed by atoms with Crippen LogP contribution in [0.4, 0.5) is 0 Å². The van der Waals surface area contributed by atoms with Gasteiger partial charge in [0, 0.05) is 56.4 Å². The summed E-state index contributed by atoms with van der Waals surface area (Å²) in [5.74, 6) is 0. The van der Waals surface area contributed by atoms with Gasteiger partial charge in [0.25, 0.3) is 0 Å². The van der Waals surface area contributed by atoms with Gasteiger partial charge in [-0.05, 0) is 101 Å². The van der Waals surface area contributed by atoms with Crippen LogP contribution >= 0.6 is 0 Å². The van der Waals surface area contributed by atoms with Crippen LogP contribution in [0.2, 0.25) is 0 Å². The van der Waals surface area contributed by atoms with Gasteiger partial charge in [-0.1, -0.05) is 0 Å². The van der Waals surface area contributed by atoms with Crippen molar-refractivity contribution in [3.8, 4) is 0 Å². The number of fused-ring (bicyclic) bond motifs is 8. The van der Waals surface area contributed by atoms with Gasteiger partial charge >= 0.3 is 0 Å². The summed E-state index contributed by atoms with van der Waals surface area (Å²) in [6.45, 7) is 8.95. The molecule has 0 unspecified atom stereocenters. The highest BCUT2D eigenvalue weighted by Gasteiger charge is 2.27. The lowest BCUT2D eigenvalue weighted by atomic mass is 9.86. The summed E-state index contributed by atoms with van der Waals surface area (Å²) in [6, 6.07) is 17.3. The van der Waals surface area contributed by atoms with Gasteiger partial charge in [-0.2, -0.15) is 0 Å². The minimum atomic E-state index is -0.146. The zero-order valence-electron chi connectivity index (χ0n) is 17.9. The van der Waals surface area contributed by atoms with Gasteiger partial charge in [-0.15, -0.1) is 0 Å². The summed E-state index contributed by atoms with van der Waals surface area (Å²) in [6.07, 6.45) is 8.50. The first-order valence-corrected chi connectivity index (χ1v) is 10.5. The van der Waals surface area contributed by atoms with E-state index in [0.717, 1.165) is 22.8 Å². The topological polar surface area (TPSA) is 63.2 Å². The molecule has 4 N–H and O–H groups in total. The molecule has 0 aliphatic carbocycles. The molecule has 5 heterocycles. The average Bonchev–Trinajstić information content (AvgIpc) is 3.51. The second-order valence-electron chi connectivity index (χ2n) is 9.23. The lowest BCUT2D eigenvalue weighted by molar-refractivity contribution is 0.602. The van der Waals surface area contributed by atoms with Gasteiger partial charge in [0.05, 0.1) is 0 Å². The zero-order valence-corrected chi connectivity index (χ0v) is 17.9. The van der Waals surface area contributed by atoms with E-state index in [4.69, 9.17) is 0 Å². The molecule has 30 heavy (non-hydrogen) atoms. The Morgan fingerprint density at radius 3 is 0.867 bits per heavy atom. The quantitative estimate of drug-likeness (QED) is 0.269. The summed E-state index contributed by atoms with van der Waals surface area (Å²) < 4.78 is 0. The number of H-pyrrole nitrogens is 4. The minimum absolute atomic E-state index is 0.146. The molecule has 4 nitrogen and oxygen atoms in total. The third kappa shape index (κ3) is 3.09. The molecule has 0 amide bonds. The number of nitrogens with one attached hydrogen (secondary N) is 4. The van der Waals surface area contributed by atoms with Crippen molar-refractivity contribution in [3.63, 3.8) is 0 Å². The van der Waals surface area contributed by atoms with Crippen LogP contribution in [0.15, 0.2) is 48.5 Å². The Kier molecular flexibility index (Phi) is 4.07. The minimum Gasteiger partial charge on any atom is -0.358 e. The van der Waals surface area contributed by atoms with E-state index in [1.165, 1.54) is 22.8 Å². The molecular formula is C26H28N4. The van der Waals surface area contributed by atoms with Crippen LogP contribution in [-0.2, 0) is 10.8 Å². The normalized spacial score (nSPS) is 19.1. The number of hydrogen-bond acceptors (Lipinski definition) is 0. The van der Waals surface area contributed by atoms with Crippen molar-refractivity contribution >= 4 is 24.3 Å². The Hall–Kier alpha value is -3.40. The van der Waals surface area contributed by atoms with Crippen molar-refractivity contribution in [2.75, 3.05) is 0 Å². The first-order valence-electron chi connectivity index (χ1n) is 10.5. The number of hydrogen-bond donors (Lipinski definition) is 4. The lowest BCUT2D eigenvalue weighted by Crippen LogP contribution is -2.20. The molecule has 0 saturated carbocycles. The van der Waals surface area contributed by atoms with Gasteiger partial charge in [0.15, 0.2) is 0 Å². The largest absolute Gasteiger partial charge is 0.358 e. The van der Waals surface area contributed by atoms with Gasteiger partial charge in [0.2, 0.25) is 0 Å². The van der Waals surface area contributed by atoms with Crippen molar-refractivity contribution in [2.45, 2.75) is 38.5 Å². The fourth-order valence-corrected chi connectivity index (χ4v) is 4.14. The molecule has 0 fully saturated rings. The molecule has 0 spiro atoms. The zero-order chi connectivity index (χ0) is 20.9. The summed E-state index contributed by atoms with van der Waals surface area (Å²) in [5, 5.41) is 0. The smallest absolute Gasteiger partial charge is 0.0447 e. The molecule has 0 atom stereocenters. The van der Waals surface area contributed by atoms with Crippen molar-refractivity contribution in [2.24, 2.45) is 0 Å². The maximum absolute atomic E-state index is 3.58. The summed E-state index contributed by atoms with van der Waals surface area (Å²) in [7, 11) is 0. The van der Waals surface area contributed by atoms with Gasteiger partial charge in [-0.25, -0.2) is 0 Å². The molecular weight excluding hydrogens is 368 g/mol. The van der Waals surface area contributed by atoms with Crippen LogP contribution in [0, 0.1) is 0 Å². The van der Waals surface area contributed by atoms with Gasteiger partial charge in [0.1, 0.15) is 0 Å². The van der Waals surface area contributed by atoms with E-state index in [9.17, 15) is 0 Å². The summed E-state index contributed by atoms with van der Waals surface area (Å²) in [5.41, 5.74) is 8.81. The Morgan fingerprint density at radius 1 is 0.400 bits per heavy atom. The standard InChI is InChI=1S/C26H28N4/c1-25(2)21-13-9-17(27-21)5-7-19-11-15-23(29-19)26(3,4)24-16-12-20(30-24)8-6-18-10-14-22(25)28-18/h5-16,27-30H,1-4H3/b7-5+,8-6+. The molecule has 4 aromatic rings. The van der Waals surface area contributed by atoms with E-state index < -0.39 is 0 Å². The van der Waals surface area contributed by atoms with E-state index in [1.54, 1.807) is 0 Å². The van der Waals surface area contributed by atoms with Crippen molar-refractivity contribution in [1.82, 2.24) is 19.9 Å². The second-order valence-corrected chi connectivity index (χ2v) is 9.23. The third-order valence-electron chi connectivity index (χ3n) is 6.41. The maximum atomic E-state index is 3.58. The Labute approximate surface area is 177 Å². The molecule has 4 heteroatoms. The predicted octanol–water partition coefficient (Wildman–Crippen LogP) is 6.31. The second kappa shape index (κ2) is 6.56. The molecule has 0 saturated heterocycles. The first-order chi connectivity index (χ1) is 14.3. The fraction of sp³-hybridized carbons (Fsp3) is 0.231. The van der Waals surface area contributed by atoms with Gasteiger partial charge < -0.3 is 19.9 Å². The Morgan fingerprint density at radius 2 is 0.633 bits per heavy atom. The highest BCUT2D eigenvalue weighted by Crippen LogP contribution is 2.32. The maximum Gasteiger partial charge on any atom is 0.0447 e. The molecule has 4 aromatic heterocycles. The van der Waals surface area contributed by atoms with Crippen LogP contribution in [0.1, 0.15) is 73.2 Å². The molecule has 0 aromatic carbocycles. The van der Waals surface area contributed by atoms with Crippen molar-refractivity contribution < 1.29 is 0 Å². The van der Waals surface area contributed by atoms with Crippen LogP contribution < -0.4 is 0 Å². The molecule has 8 bridgehead atoms. The molecule has 0 radical (unpaired) electrons. The van der Waals surface area contributed by atoms with Crippen molar-refractivity contribution in [1.29, 1.82) is 0 Å². The molecule has 1 aliphatic rings. The van der Waals surface area contributed by atoms with E-state index in [0.29, 0.717) is 0 Å². The number of rotatable bonds is 0. The monoisotopic (exact) mass is 396 g/mol. The van der Waals surface area contributed by atoms with E-state index in [2.05, 4.69) is 120 Å². The van der Waals surface area contributed by atoms with Crippen LogP contribution in [0.25, 0.3) is 24.3 Å². The molecule has 1 aliphatic heterocycles. The lowest BCUT2D eigenvalue weighted by Gasteiger charge is -2.22. The van der Waals surface area contributed by atoms with E-state index in [-0.39, 0.29) is 10.8 Å².